The monoisotopic (exact) mass is 636 g/mol. The van der Waals surface area contributed by atoms with Gasteiger partial charge in [-0.15, -0.1) is 0 Å². The van der Waals surface area contributed by atoms with E-state index in [2.05, 4.69) is 57.8 Å². The maximum Gasteiger partial charge on any atom is 0.330 e. The highest BCUT2D eigenvalue weighted by molar-refractivity contribution is 7.91. The largest absolute Gasteiger partial charge is 0.493 e. The van der Waals surface area contributed by atoms with Crippen LogP contribution in [0.2, 0.25) is 5.02 Å². The van der Waals surface area contributed by atoms with Gasteiger partial charge in [0.25, 0.3) is 0 Å². The summed E-state index contributed by atoms with van der Waals surface area (Å²) < 4.78 is 30.2. The first-order valence-electron chi connectivity index (χ1n) is 15.2. The minimum atomic E-state index is -3.89. The van der Waals surface area contributed by atoms with Gasteiger partial charge in [0.1, 0.15) is 5.82 Å². The molecule has 9 heteroatoms. The van der Waals surface area contributed by atoms with E-state index in [-0.39, 0.29) is 5.92 Å². The first-order chi connectivity index (χ1) is 21.9. The number of benzene rings is 4. The zero-order valence-corrected chi connectivity index (χ0v) is 26.1. The summed E-state index contributed by atoms with van der Waals surface area (Å²) in [6, 6.07) is 34.2. The summed E-state index contributed by atoms with van der Waals surface area (Å²) in [5, 5.41) is 10.4. The van der Waals surface area contributed by atoms with Crippen LogP contribution < -0.4 is 9.03 Å². The molecule has 228 valence electrons. The Bertz CT molecular complexity index is 1950. The molecule has 1 aliphatic carbocycles. The number of rotatable bonds is 7. The number of aliphatic hydroxyl groups excluding tert-OH is 1. The second-order valence-corrected chi connectivity index (χ2v) is 13.6. The summed E-state index contributed by atoms with van der Waals surface area (Å²) in [7, 11) is -3.89. The van der Waals surface area contributed by atoms with Crippen LogP contribution in [-0.2, 0) is 10.2 Å². The maximum atomic E-state index is 12.5. The van der Waals surface area contributed by atoms with E-state index in [4.69, 9.17) is 16.6 Å². The number of halogens is 1. The van der Waals surface area contributed by atoms with Crippen molar-refractivity contribution in [2.24, 2.45) is 5.92 Å². The molecule has 4 aromatic carbocycles. The molecular formula is C36H33ClN4O3S. The van der Waals surface area contributed by atoms with Crippen LogP contribution in [0.5, 0.6) is 0 Å². The van der Waals surface area contributed by atoms with E-state index in [1.54, 1.807) is 12.1 Å². The van der Waals surface area contributed by atoms with Gasteiger partial charge in [0.2, 0.25) is 5.88 Å². The molecule has 7 nitrogen and oxygen atoms in total. The molecule has 2 N–H and O–H groups in total. The minimum Gasteiger partial charge on any atom is -0.493 e. The molecule has 1 saturated carbocycles. The summed E-state index contributed by atoms with van der Waals surface area (Å²) in [6.07, 6.45) is 9.04. The molecule has 1 fully saturated rings. The van der Waals surface area contributed by atoms with E-state index in [1.807, 2.05) is 48.7 Å². The van der Waals surface area contributed by atoms with Crippen LogP contribution in [0.15, 0.2) is 121 Å². The van der Waals surface area contributed by atoms with Crippen molar-refractivity contribution in [2.75, 3.05) is 4.31 Å². The molecule has 1 unspecified atom stereocenters. The van der Waals surface area contributed by atoms with Crippen LogP contribution >= 0.6 is 11.6 Å². The lowest BCUT2D eigenvalue weighted by molar-refractivity contribution is 0.320. The number of nitrogens with zero attached hydrogens (tertiary/aromatic N) is 3. The topological polar surface area (TPSA) is 87.5 Å². The molecule has 1 atom stereocenters. The summed E-state index contributed by atoms with van der Waals surface area (Å²) in [4.78, 5) is 5.30. The second kappa shape index (κ2) is 12.1. The van der Waals surface area contributed by atoms with Gasteiger partial charge in [-0.2, -0.15) is 8.42 Å². The fourth-order valence-corrected chi connectivity index (χ4v) is 7.88. The van der Waals surface area contributed by atoms with E-state index in [0.717, 1.165) is 46.1 Å². The Labute approximate surface area is 268 Å². The van der Waals surface area contributed by atoms with Gasteiger partial charge in [-0.3, -0.25) is 0 Å². The Morgan fingerprint density at radius 3 is 2.11 bits per heavy atom. The highest BCUT2D eigenvalue weighted by atomic mass is 35.5. The van der Waals surface area contributed by atoms with Gasteiger partial charge >= 0.3 is 10.2 Å². The Kier molecular flexibility index (Phi) is 7.85. The standard InChI is InChI=1S/C36H33ClN4O3S/c37-32-14-8-7-13-31(32)33-23-40(29-19-21-30(22-20-29)41-24-34(42)39-45(41,43)44)36(38-33)35(27-11-5-2-6-12-27)28-17-15-26(16-18-28)25-9-3-1-4-10-25/h1,3-4,7-10,13-24,27,35,39,42H,2,5-6,11-12H2. The van der Waals surface area contributed by atoms with Crippen molar-refractivity contribution in [3.63, 3.8) is 0 Å². The molecule has 7 rings (SSSR count). The van der Waals surface area contributed by atoms with Crippen LogP contribution in [0.4, 0.5) is 5.69 Å². The molecule has 5 aromatic rings. The Balaban J connectivity index is 1.35. The molecule has 0 amide bonds. The highest BCUT2D eigenvalue weighted by Gasteiger charge is 2.32. The summed E-state index contributed by atoms with van der Waals surface area (Å²) in [6.45, 7) is 0. The van der Waals surface area contributed by atoms with Crippen molar-refractivity contribution >= 4 is 27.5 Å². The normalized spacial score (nSPS) is 17.1. The maximum absolute atomic E-state index is 12.5. The summed E-state index contributed by atoms with van der Waals surface area (Å²) >= 11 is 6.68. The number of nitrogens with one attached hydrogen (secondary N) is 1. The van der Waals surface area contributed by atoms with E-state index >= 15 is 0 Å². The predicted octanol–water partition coefficient (Wildman–Crippen LogP) is 8.58. The molecule has 0 saturated heterocycles. The fourth-order valence-electron chi connectivity index (χ4n) is 6.59. The van der Waals surface area contributed by atoms with Gasteiger partial charge in [0, 0.05) is 23.4 Å². The molecule has 2 heterocycles. The van der Waals surface area contributed by atoms with Gasteiger partial charge in [0.15, 0.2) is 0 Å². The molecule has 1 aliphatic heterocycles. The van der Waals surface area contributed by atoms with E-state index in [9.17, 15) is 13.5 Å². The molecule has 2 aliphatic rings. The van der Waals surface area contributed by atoms with Gasteiger partial charge in [-0.1, -0.05) is 104 Å². The zero-order valence-electron chi connectivity index (χ0n) is 24.6. The third-order valence-corrected chi connectivity index (χ3v) is 10.4. The average Bonchev–Trinajstić information content (AvgIpc) is 3.62. The van der Waals surface area contributed by atoms with Crippen molar-refractivity contribution in [1.82, 2.24) is 14.3 Å². The van der Waals surface area contributed by atoms with Gasteiger partial charge in [-0.25, -0.2) is 14.0 Å². The quantitative estimate of drug-likeness (QED) is 0.187. The number of hydrogen-bond donors (Lipinski definition) is 2. The van der Waals surface area contributed by atoms with Crippen LogP contribution in [0.1, 0.15) is 49.4 Å². The number of anilines is 1. The Morgan fingerprint density at radius 2 is 1.44 bits per heavy atom. The van der Waals surface area contributed by atoms with Crippen molar-refractivity contribution in [2.45, 2.75) is 38.0 Å². The van der Waals surface area contributed by atoms with E-state index in [0.29, 0.717) is 16.6 Å². The SMILES string of the molecule is O=S1(=O)NC(O)=CN1c1ccc(-n2cc(-c3ccccc3Cl)nc2C(c2ccc(-c3ccccc3)cc2)C2CCCCC2)cc1. The van der Waals surface area contributed by atoms with E-state index in [1.165, 1.54) is 36.0 Å². The van der Waals surface area contributed by atoms with Crippen molar-refractivity contribution in [3.8, 4) is 28.1 Å². The van der Waals surface area contributed by atoms with Crippen LogP contribution in [0.25, 0.3) is 28.1 Å². The molecular weight excluding hydrogens is 604 g/mol. The summed E-state index contributed by atoms with van der Waals surface area (Å²) in [5.74, 6) is 0.947. The average molecular weight is 637 g/mol. The molecule has 0 spiro atoms. The lowest BCUT2D eigenvalue weighted by atomic mass is 9.76. The van der Waals surface area contributed by atoms with Gasteiger partial charge in [-0.05, 0) is 65.8 Å². The number of aliphatic hydroxyl groups is 1. The second-order valence-electron chi connectivity index (χ2n) is 11.6. The number of hydrogen-bond acceptors (Lipinski definition) is 4. The molecule has 0 radical (unpaired) electrons. The van der Waals surface area contributed by atoms with Crippen molar-refractivity contribution in [1.29, 1.82) is 0 Å². The first kappa shape index (κ1) is 29.2. The van der Waals surface area contributed by atoms with Crippen molar-refractivity contribution < 1.29 is 13.5 Å². The minimum absolute atomic E-state index is 0.0362. The highest BCUT2D eigenvalue weighted by Crippen LogP contribution is 2.42. The predicted molar refractivity (Wildman–Crippen MR) is 180 cm³/mol. The first-order valence-corrected chi connectivity index (χ1v) is 17.0. The van der Waals surface area contributed by atoms with E-state index < -0.39 is 16.1 Å². The zero-order chi connectivity index (χ0) is 31.0. The number of imidazole rings is 1. The lowest BCUT2D eigenvalue weighted by Gasteiger charge is -2.31. The fraction of sp³-hybridized carbons (Fsp3) is 0.194. The van der Waals surface area contributed by atoms with Gasteiger partial charge in [0.05, 0.1) is 22.6 Å². The Morgan fingerprint density at radius 1 is 0.800 bits per heavy atom. The molecule has 45 heavy (non-hydrogen) atoms. The third-order valence-electron chi connectivity index (χ3n) is 8.77. The number of aromatic nitrogens is 2. The molecule has 1 aromatic heterocycles. The Hall–Kier alpha value is -4.53. The third kappa shape index (κ3) is 5.83. The van der Waals surface area contributed by atoms with Gasteiger partial charge < -0.3 is 9.67 Å². The molecule has 0 bridgehead atoms. The smallest absolute Gasteiger partial charge is 0.330 e. The van der Waals surface area contributed by atoms with Crippen LogP contribution in [-0.4, -0.2) is 23.1 Å². The lowest BCUT2D eigenvalue weighted by Crippen LogP contribution is -2.29. The van der Waals surface area contributed by atoms with Crippen LogP contribution in [0, 0.1) is 5.92 Å². The van der Waals surface area contributed by atoms with Crippen molar-refractivity contribution in [3.05, 3.63) is 138 Å². The van der Waals surface area contributed by atoms with Crippen LogP contribution in [0.3, 0.4) is 0 Å². The summed E-state index contributed by atoms with van der Waals surface area (Å²) in [5.41, 5.74) is 6.45.